The molecule has 9 rings (SSSR count). The zero-order valence-electron chi connectivity index (χ0n) is 31.6. The van der Waals surface area contributed by atoms with E-state index in [0.29, 0.717) is 0 Å². The highest BCUT2D eigenvalue weighted by molar-refractivity contribution is 7.57. The fourth-order valence-electron chi connectivity index (χ4n) is 7.36. The Balaban J connectivity index is 1.13. The lowest BCUT2D eigenvalue weighted by molar-refractivity contribution is 0.422. The predicted molar refractivity (Wildman–Crippen MR) is 237 cm³/mol. The second-order valence-corrected chi connectivity index (χ2v) is 16.6. The van der Waals surface area contributed by atoms with Gasteiger partial charge in [0.2, 0.25) is 0 Å². The molecule has 278 valence electrons. The SMILES string of the molecule is CC1(C)c2cccc(POc3ccccc3-c3ccccc3)c2Oc2c(P(Oc3ccccc3-c3ccccc3)Oc3ccccc3-c3ccccc3)cccc21. The van der Waals surface area contributed by atoms with Crippen molar-refractivity contribution in [2.24, 2.45) is 0 Å². The van der Waals surface area contributed by atoms with Crippen molar-refractivity contribution >= 4 is 27.8 Å². The first-order chi connectivity index (χ1) is 28.0. The summed E-state index contributed by atoms with van der Waals surface area (Å²) in [7, 11) is -1.80. The van der Waals surface area contributed by atoms with Crippen molar-refractivity contribution in [3.05, 3.63) is 211 Å². The zero-order chi connectivity index (χ0) is 38.6. The molecule has 1 heterocycles. The Hall–Kier alpha value is -6.18. The van der Waals surface area contributed by atoms with Gasteiger partial charge in [0, 0.05) is 33.2 Å². The Kier molecular flexibility index (Phi) is 10.3. The van der Waals surface area contributed by atoms with Gasteiger partial charge in [-0.05, 0) is 47.0 Å². The van der Waals surface area contributed by atoms with Gasteiger partial charge < -0.3 is 18.3 Å². The van der Waals surface area contributed by atoms with Crippen molar-refractivity contribution in [2.45, 2.75) is 19.3 Å². The molecule has 0 saturated heterocycles. The van der Waals surface area contributed by atoms with E-state index < -0.39 is 13.8 Å². The summed E-state index contributed by atoms with van der Waals surface area (Å²) in [5.74, 6) is 3.84. The number of benzene rings is 8. The van der Waals surface area contributed by atoms with Crippen LogP contribution in [0.5, 0.6) is 28.7 Å². The Bertz CT molecular complexity index is 2560. The summed E-state index contributed by atoms with van der Waals surface area (Å²) < 4.78 is 28.1. The summed E-state index contributed by atoms with van der Waals surface area (Å²) >= 11 is 0. The lowest BCUT2D eigenvalue weighted by atomic mass is 9.76. The fourth-order valence-corrected chi connectivity index (χ4v) is 9.65. The minimum absolute atomic E-state index is 0.00455. The third-order valence-electron chi connectivity index (χ3n) is 10.3. The van der Waals surface area contributed by atoms with Crippen molar-refractivity contribution in [1.29, 1.82) is 0 Å². The lowest BCUT2D eigenvalue weighted by Crippen LogP contribution is -2.30. The first-order valence-electron chi connectivity index (χ1n) is 19.0. The molecule has 1 atom stereocenters. The molecule has 57 heavy (non-hydrogen) atoms. The molecule has 8 aromatic carbocycles. The van der Waals surface area contributed by atoms with Crippen LogP contribution in [0.2, 0.25) is 0 Å². The van der Waals surface area contributed by atoms with Crippen LogP contribution < -0.4 is 28.9 Å². The van der Waals surface area contributed by atoms with Crippen molar-refractivity contribution in [1.82, 2.24) is 0 Å². The molecule has 0 bridgehead atoms. The quantitative estimate of drug-likeness (QED) is 0.123. The van der Waals surface area contributed by atoms with Gasteiger partial charge in [0.05, 0.1) is 10.6 Å². The van der Waals surface area contributed by atoms with E-state index >= 15 is 0 Å². The third kappa shape index (κ3) is 7.43. The summed E-state index contributed by atoms with van der Waals surface area (Å²) in [6.07, 6.45) is 0. The summed E-state index contributed by atoms with van der Waals surface area (Å²) in [6.45, 7) is 4.52. The van der Waals surface area contributed by atoms with Gasteiger partial charge in [-0.25, -0.2) is 0 Å². The van der Waals surface area contributed by atoms with Crippen LogP contribution in [0.15, 0.2) is 200 Å². The Labute approximate surface area is 337 Å². The van der Waals surface area contributed by atoms with Crippen LogP contribution in [0, 0.1) is 0 Å². The molecule has 6 heteroatoms. The molecule has 0 aliphatic carbocycles. The van der Waals surface area contributed by atoms with E-state index in [1.807, 2.05) is 97.1 Å². The molecule has 0 radical (unpaired) electrons. The minimum Gasteiger partial charge on any atom is -0.472 e. The third-order valence-corrected chi connectivity index (χ3v) is 12.7. The largest absolute Gasteiger partial charge is 0.472 e. The molecule has 0 amide bonds. The van der Waals surface area contributed by atoms with Gasteiger partial charge in [0.25, 0.3) is 0 Å². The van der Waals surface area contributed by atoms with Crippen LogP contribution in [0.1, 0.15) is 25.0 Å². The highest BCUT2D eigenvalue weighted by atomic mass is 31.2. The van der Waals surface area contributed by atoms with Crippen molar-refractivity contribution in [3.63, 3.8) is 0 Å². The summed E-state index contributed by atoms with van der Waals surface area (Å²) in [4.78, 5) is 0. The predicted octanol–water partition coefficient (Wildman–Crippen LogP) is 13.5. The smallest absolute Gasteiger partial charge is 0.330 e. The molecular formula is C51H40O4P2. The van der Waals surface area contributed by atoms with Crippen molar-refractivity contribution < 1.29 is 18.3 Å². The number of fused-ring (bicyclic) bond motifs is 2. The maximum absolute atomic E-state index is 7.15. The fraction of sp³-hybridized carbons (Fsp3) is 0.0588. The Morgan fingerprint density at radius 1 is 0.421 bits per heavy atom. The first kappa shape index (κ1) is 36.5. The number of hydrogen-bond acceptors (Lipinski definition) is 4. The molecule has 1 unspecified atom stereocenters. The number of ether oxygens (including phenoxy) is 1. The monoisotopic (exact) mass is 778 g/mol. The second-order valence-electron chi connectivity index (χ2n) is 14.3. The van der Waals surface area contributed by atoms with Gasteiger partial charge in [0.15, 0.2) is 0 Å². The number of rotatable bonds is 11. The average Bonchev–Trinajstić information content (AvgIpc) is 3.27. The van der Waals surface area contributed by atoms with Gasteiger partial charge in [-0.15, -0.1) is 0 Å². The van der Waals surface area contributed by atoms with Crippen LogP contribution in [-0.2, 0) is 5.41 Å². The van der Waals surface area contributed by atoms with Crippen LogP contribution in [-0.4, -0.2) is 0 Å². The molecule has 0 fully saturated rings. The minimum atomic E-state index is -1.80. The Morgan fingerprint density at radius 3 is 1.37 bits per heavy atom. The molecule has 0 spiro atoms. The van der Waals surface area contributed by atoms with Gasteiger partial charge in [-0.2, -0.15) is 0 Å². The van der Waals surface area contributed by atoms with Crippen LogP contribution in [0.3, 0.4) is 0 Å². The average molecular weight is 779 g/mol. The van der Waals surface area contributed by atoms with Crippen molar-refractivity contribution in [3.8, 4) is 62.1 Å². The van der Waals surface area contributed by atoms with E-state index in [0.717, 1.165) is 83.9 Å². The van der Waals surface area contributed by atoms with E-state index in [9.17, 15) is 0 Å². The van der Waals surface area contributed by atoms with E-state index in [1.165, 1.54) is 0 Å². The standard InChI is InChI=1S/C51H40O4P2/c1-51(2)42-29-18-34-47(56-53-44-31-15-12-26-39(44)36-20-6-3-7-21-36)49(42)52-50-43(51)30-19-35-48(50)57(54-45-32-16-13-27-40(45)37-22-8-4-9-23-37)55-46-33-17-14-28-41(46)38-24-10-5-11-25-38/h3-35,56H,1-2H3. The molecule has 0 N–H and O–H groups in total. The molecular weight excluding hydrogens is 739 g/mol. The van der Waals surface area contributed by atoms with Crippen LogP contribution in [0.25, 0.3) is 33.4 Å². The lowest BCUT2D eigenvalue weighted by Gasteiger charge is -2.37. The zero-order valence-corrected chi connectivity index (χ0v) is 33.5. The highest BCUT2D eigenvalue weighted by Crippen LogP contribution is 2.53. The first-order valence-corrected chi connectivity index (χ1v) is 21.1. The van der Waals surface area contributed by atoms with Gasteiger partial charge in [-0.3, -0.25) is 0 Å². The van der Waals surface area contributed by atoms with E-state index in [2.05, 4.69) is 117 Å². The van der Waals surface area contributed by atoms with Gasteiger partial charge >= 0.3 is 8.38 Å². The topological polar surface area (TPSA) is 36.9 Å². The molecule has 8 aromatic rings. The normalized spacial score (nSPS) is 12.8. The molecule has 1 aliphatic heterocycles. The molecule has 4 nitrogen and oxygen atoms in total. The Morgan fingerprint density at radius 2 is 0.842 bits per heavy atom. The maximum Gasteiger partial charge on any atom is 0.330 e. The van der Waals surface area contributed by atoms with E-state index in [4.69, 9.17) is 18.3 Å². The second kappa shape index (κ2) is 16.1. The number of para-hydroxylation sites is 5. The van der Waals surface area contributed by atoms with E-state index in [-0.39, 0.29) is 8.81 Å². The summed E-state index contributed by atoms with van der Waals surface area (Å²) in [6, 6.07) is 68.2. The van der Waals surface area contributed by atoms with E-state index in [1.54, 1.807) is 0 Å². The summed E-state index contributed by atoms with van der Waals surface area (Å²) in [5, 5.41) is 1.83. The maximum atomic E-state index is 7.15. The molecule has 0 saturated carbocycles. The molecule has 1 aliphatic rings. The van der Waals surface area contributed by atoms with Crippen LogP contribution >= 0.6 is 17.2 Å². The molecule has 0 aromatic heterocycles. The number of hydrogen-bond donors (Lipinski definition) is 0. The summed E-state index contributed by atoms with van der Waals surface area (Å²) in [5.41, 5.74) is 8.03. The van der Waals surface area contributed by atoms with Gasteiger partial charge in [-0.1, -0.05) is 184 Å². The van der Waals surface area contributed by atoms with Crippen molar-refractivity contribution in [2.75, 3.05) is 0 Å². The highest BCUT2D eigenvalue weighted by Gasteiger charge is 2.39. The van der Waals surface area contributed by atoms with Crippen LogP contribution in [0.4, 0.5) is 0 Å². The van der Waals surface area contributed by atoms with Gasteiger partial charge in [0.1, 0.15) is 37.6 Å².